The summed E-state index contributed by atoms with van der Waals surface area (Å²) in [4.78, 5) is 44.2. The maximum absolute atomic E-state index is 13.9. The molecule has 1 aromatic carbocycles. The van der Waals surface area contributed by atoms with Gasteiger partial charge >= 0.3 is 5.97 Å². The highest BCUT2D eigenvalue weighted by molar-refractivity contribution is 6.46. The number of aromatic amines is 1. The van der Waals surface area contributed by atoms with Crippen LogP contribution in [0.5, 0.6) is 11.5 Å². The molecule has 10 heteroatoms. The van der Waals surface area contributed by atoms with Gasteiger partial charge in [0.1, 0.15) is 5.69 Å². The van der Waals surface area contributed by atoms with Gasteiger partial charge in [-0.05, 0) is 49.6 Å². The largest absolute Gasteiger partial charge is 0.872 e. The van der Waals surface area contributed by atoms with E-state index in [9.17, 15) is 19.5 Å². The number of hydrogen-bond acceptors (Lipinski definition) is 7. The molecule has 2 aromatic rings. The fourth-order valence-corrected chi connectivity index (χ4v) is 4.45. The van der Waals surface area contributed by atoms with Crippen LogP contribution in [0.2, 0.25) is 0 Å². The molecule has 1 fully saturated rings. The molecule has 0 aliphatic carbocycles. The molecule has 10 nitrogen and oxygen atoms in total. The zero-order chi connectivity index (χ0) is 26.7. The van der Waals surface area contributed by atoms with E-state index in [1.807, 2.05) is 14.1 Å². The molecular weight excluding hydrogens is 466 g/mol. The molecule has 1 atom stereocenters. The summed E-state index contributed by atoms with van der Waals surface area (Å²) in [5, 5.41) is 13.9. The second-order valence-electron chi connectivity index (χ2n) is 8.89. The van der Waals surface area contributed by atoms with Crippen LogP contribution < -0.4 is 19.5 Å². The molecule has 2 N–H and O–H groups in total. The molecule has 1 aliphatic heterocycles. The van der Waals surface area contributed by atoms with Crippen LogP contribution in [0.3, 0.4) is 0 Å². The van der Waals surface area contributed by atoms with Gasteiger partial charge in [0.25, 0.3) is 5.91 Å². The number of ketones is 1. The van der Waals surface area contributed by atoms with E-state index in [2.05, 4.69) is 4.98 Å². The molecule has 2 heterocycles. The second kappa shape index (κ2) is 10.9. The SMILES string of the molecule is CCOC(=O)c1[nH]c(C)c(C([O-])=C2C(=O)C(=O)N(CC[NH+](C)C)C2c2ccc(OC)c(OC)c2)c1C. The van der Waals surface area contributed by atoms with E-state index in [1.165, 1.54) is 19.1 Å². The van der Waals surface area contributed by atoms with Crippen LogP contribution in [0.15, 0.2) is 23.8 Å². The predicted octanol–water partition coefficient (Wildman–Crippen LogP) is 0.194. The standard InChI is InChI=1S/C26H33N3O7/c1-8-36-26(33)21-14(2)19(15(3)27-21)23(30)20-22(16-9-10-17(34-6)18(13-16)35-7)29(12-11-28(4)5)25(32)24(20)31/h9-10,13,22,27,30H,8,11-12H2,1-7H3. The fourth-order valence-electron chi connectivity index (χ4n) is 4.45. The maximum atomic E-state index is 13.9. The number of aryl methyl sites for hydroxylation is 1. The van der Waals surface area contributed by atoms with Gasteiger partial charge in [0, 0.05) is 11.3 Å². The summed E-state index contributed by atoms with van der Waals surface area (Å²) < 4.78 is 15.8. The van der Waals surface area contributed by atoms with Crippen molar-refractivity contribution in [2.24, 2.45) is 0 Å². The number of ether oxygens (including phenoxy) is 3. The van der Waals surface area contributed by atoms with Crippen LogP contribution in [-0.2, 0) is 14.3 Å². The van der Waals surface area contributed by atoms with Crippen molar-refractivity contribution in [1.82, 2.24) is 9.88 Å². The molecule has 194 valence electrons. The van der Waals surface area contributed by atoms with Gasteiger partial charge in [0.05, 0.1) is 54.1 Å². The monoisotopic (exact) mass is 499 g/mol. The number of aromatic nitrogens is 1. The second-order valence-corrected chi connectivity index (χ2v) is 8.89. The van der Waals surface area contributed by atoms with Crippen molar-refractivity contribution in [3.05, 3.63) is 51.9 Å². The van der Waals surface area contributed by atoms with E-state index in [-0.39, 0.29) is 30.0 Å². The van der Waals surface area contributed by atoms with Gasteiger partial charge in [0.15, 0.2) is 11.5 Å². The van der Waals surface area contributed by atoms with Gasteiger partial charge in [-0.3, -0.25) is 9.59 Å². The number of rotatable bonds is 9. The van der Waals surface area contributed by atoms with Crippen LogP contribution in [0.4, 0.5) is 0 Å². The third-order valence-corrected chi connectivity index (χ3v) is 6.25. The minimum absolute atomic E-state index is 0.144. The summed E-state index contributed by atoms with van der Waals surface area (Å²) >= 11 is 0. The number of Topliss-reactive ketones (excluding diaryl/α,β-unsaturated/α-hetero) is 1. The van der Waals surface area contributed by atoms with E-state index in [1.54, 1.807) is 39.0 Å². The number of quaternary nitrogens is 1. The average molecular weight is 500 g/mol. The summed E-state index contributed by atoms with van der Waals surface area (Å²) in [6.45, 7) is 5.95. The van der Waals surface area contributed by atoms with Gasteiger partial charge in [-0.2, -0.15) is 0 Å². The summed E-state index contributed by atoms with van der Waals surface area (Å²) in [5.74, 6) is -1.91. The first kappa shape index (κ1) is 26.8. The smallest absolute Gasteiger partial charge is 0.355 e. The number of benzene rings is 1. The Hall–Kier alpha value is -3.79. The van der Waals surface area contributed by atoms with E-state index in [0.717, 1.165) is 4.90 Å². The Balaban J connectivity index is 2.24. The van der Waals surface area contributed by atoms with Gasteiger partial charge in [-0.1, -0.05) is 11.8 Å². The molecule has 0 bridgehead atoms. The lowest BCUT2D eigenvalue weighted by atomic mass is 9.93. The lowest BCUT2D eigenvalue weighted by molar-refractivity contribution is -0.857. The Morgan fingerprint density at radius 3 is 2.39 bits per heavy atom. The summed E-state index contributed by atoms with van der Waals surface area (Å²) in [5.41, 5.74) is 1.48. The first-order valence-corrected chi connectivity index (χ1v) is 11.7. The van der Waals surface area contributed by atoms with Crippen LogP contribution >= 0.6 is 0 Å². The molecule has 1 unspecified atom stereocenters. The van der Waals surface area contributed by atoms with Gasteiger partial charge in [0.2, 0.25) is 5.78 Å². The number of likely N-dealkylation sites (N-methyl/N-ethyl adjacent to an activating group) is 1. The number of H-pyrrole nitrogens is 1. The Kier molecular flexibility index (Phi) is 8.09. The molecular formula is C26H33N3O7. The summed E-state index contributed by atoms with van der Waals surface area (Å²) in [6.07, 6.45) is 0. The molecule has 0 saturated carbocycles. The number of amides is 1. The highest BCUT2D eigenvalue weighted by Gasteiger charge is 2.45. The zero-order valence-corrected chi connectivity index (χ0v) is 21.7. The predicted molar refractivity (Wildman–Crippen MR) is 130 cm³/mol. The molecule has 1 aromatic heterocycles. The van der Waals surface area contributed by atoms with Gasteiger partial charge in [-0.25, -0.2) is 4.79 Å². The maximum Gasteiger partial charge on any atom is 0.355 e. The molecule has 0 spiro atoms. The Labute approximate surface area is 210 Å². The Bertz CT molecular complexity index is 1210. The van der Waals surface area contributed by atoms with Crippen molar-refractivity contribution >= 4 is 23.4 Å². The molecule has 3 rings (SSSR count). The van der Waals surface area contributed by atoms with Gasteiger partial charge < -0.3 is 34.1 Å². The first-order chi connectivity index (χ1) is 17.1. The minimum atomic E-state index is -0.920. The Morgan fingerprint density at radius 1 is 1.14 bits per heavy atom. The van der Waals surface area contributed by atoms with E-state index >= 15 is 0 Å². The molecule has 1 amide bonds. The minimum Gasteiger partial charge on any atom is -0.872 e. The number of hydrogen-bond donors (Lipinski definition) is 2. The third kappa shape index (κ3) is 4.81. The van der Waals surface area contributed by atoms with Gasteiger partial charge in [-0.15, -0.1) is 0 Å². The van der Waals surface area contributed by atoms with Crippen molar-refractivity contribution in [3.63, 3.8) is 0 Å². The van der Waals surface area contributed by atoms with Crippen molar-refractivity contribution in [2.75, 3.05) is 48.0 Å². The van der Waals surface area contributed by atoms with Crippen molar-refractivity contribution in [2.45, 2.75) is 26.8 Å². The topological polar surface area (TPSA) is 125 Å². The summed E-state index contributed by atoms with van der Waals surface area (Å²) in [7, 11) is 6.87. The lowest BCUT2D eigenvalue weighted by Crippen LogP contribution is -3.06. The zero-order valence-electron chi connectivity index (χ0n) is 21.7. The lowest BCUT2D eigenvalue weighted by Gasteiger charge is -2.28. The normalized spacial score (nSPS) is 17.1. The van der Waals surface area contributed by atoms with Crippen LogP contribution in [-0.4, -0.2) is 75.6 Å². The van der Waals surface area contributed by atoms with Crippen LogP contribution in [0, 0.1) is 13.8 Å². The highest BCUT2D eigenvalue weighted by Crippen LogP contribution is 2.42. The first-order valence-electron chi connectivity index (χ1n) is 11.7. The molecule has 0 radical (unpaired) electrons. The number of nitrogens with one attached hydrogen (secondary N) is 2. The fraction of sp³-hybridized carbons (Fsp3) is 0.423. The number of methoxy groups -OCH3 is 2. The number of carbonyl (C=O) groups is 3. The van der Waals surface area contributed by atoms with Crippen LogP contribution in [0.25, 0.3) is 5.76 Å². The number of nitrogens with zero attached hydrogens (tertiary/aromatic N) is 1. The number of esters is 1. The summed E-state index contributed by atoms with van der Waals surface area (Å²) in [6, 6.07) is 4.13. The number of carbonyl (C=O) groups excluding carboxylic acids is 3. The van der Waals surface area contributed by atoms with E-state index in [0.29, 0.717) is 34.9 Å². The molecule has 1 saturated heterocycles. The quantitative estimate of drug-likeness (QED) is 0.218. The van der Waals surface area contributed by atoms with E-state index < -0.39 is 29.5 Å². The molecule has 1 aliphatic rings. The molecule has 36 heavy (non-hydrogen) atoms. The Morgan fingerprint density at radius 2 is 1.81 bits per heavy atom. The van der Waals surface area contributed by atoms with Crippen molar-refractivity contribution in [3.8, 4) is 11.5 Å². The van der Waals surface area contributed by atoms with Crippen molar-refractivity contribution < 1.29 is 38.6 Å². The highest BCUT2D eigenvalue weighted by atomic mass is 16.5. The van der Waals surface area contributed by atoms with E-state index in [4.69, 9.17) is 14.2 Å². The third-order valence-electron chi connectivity index (χ3n) is 6.25. The average Bonchev–Trinajstić information content (AvgIpc) is 3.28. The van der Waals surface area contributed by atoms with Crippen molar-refractivity contribution in [1.29, 1.82) is 0 Å². The number of likely N-dealkylation sites (tertiary alicyclic amines) is 1. The van der Waals surface area contributed by atoms with Crippen LogP contribution in [0.1, 0.15) is 45.8 Å².